The number of hydrogen-bond acceptors (Lipinski definition) is 6. The Bertz CT molecular complexity index is 856. The third kappa shape index (κ3) is 2.92. The van der Waals surface area contributed by atoms with E-state index < -0.39 is 9.84 Å². The van der Waals surface area contributed by atoms with Crippen LogP contribution < -0.4 is 9.80 Å². The van der Waals surface area contributed by atoms with E-state index in [1.807, 2.05) is 36.2 Å². The Hall–Kier alpha value is -1.67. The molecule has 23 heavy (non-hydrogen) atoms. The van der Waals surface area contributed by atoms with Crippen molar-refractivity contribution < 1.29 is 8.42 Å². The van der Waals surface area contributed by atoms with Crippen LogP contribution in [0.5, 0.6) is 0 Å². The molecule has 8 heteroatoms. The van der Waals surface area contributed by atoms with Crippen molar-refractivity contribution in [3.63, 3.8) is 0 Å². The van der Waals surface area contributed by atoms with E-state index in [4.69, 9.17) is 0 Å². The van der Waals surface area contributed by atoms with Crippen molar-refractivity contribution in [1.82, 2.24) is 9.97 Å². The SMILES string of the molecule is CC1c2cnc(S(C)(=O)=O)nc2N(C)CN1c1ccccc1Br. The van der Waals surface area contributed by atoms with Crippen LogP contribution in [0.2, 0.25) is 0 Å². The molecule has 0 saturated heterocycles. The van der Waals surface area contributed by atoms with Crippen LogP contribution in [0.4, 0.5) is 11.5 Å². The van der Waals surface area contributed by atoms with Crippen molar-refractivity contribution in [3.8, 4) is 0 Å². The van der Waals surface area contributed by atoms with E-state index >= 15 is 0 Å². The Labute approximate surface area is 144 Å². The van der Waals surface area contributed by atoms with Gasteiger partial charge in [0.1, 0.15) is 5.82 Å². The smallest absolute Gasteiger partial charge is 0.248 e. The lowest BCUT2D eigenvalue weighted by Gasteiger charge is -2.41. The highest BCUT2D eigenvalue weighted by Gasteiger charge is 2.30. The molecule has 0 bridgehead atoms. The van der Waals surface area contributed by atoms with Gasteiger partial charge in [-0.1, -0.05) is 12.1 Å². The van der Waals surface area contributed by atoms with Crippen molar-refractivity contribution >= 4 is 37.3 Å². The largest absolute Gasteiger partial charge is 0.346 e. The first kappa shape index (κ1) is 16.2. The lowest BCUT2D eigenvalue weighted by atomic mass is 10.1. The van der Waals surface area contributed by atoms with Crippen molar-refractivity contribution in [1.29, 1.82) is 0 Å². The Kier molecular flexibility index (Phi) is 4.05. The molecule has 0 saturated carbocycles. The molecular formula is C15H17BrN4O2S. The summed E-state index contributed by atoms with van der Waals surface area (Å²) in [6, 6.07) is 8.05. The predicted molar refractivity (Wildman–Crippen MR) is 93.4 cm³/mol. The molecule has 1 atom stereocenters. The molecule has 122 valence electrons. The van der Waals surface area contributed by atoms with Gasteiger partial charge in [0.2, 0.25) is 15.0 Å². The zero-order valence-corrected chi connectivity index (χ0v) is 15.5. The Morgan fingerprint density at radius 2 is 2.00 bits per heavy atom. The Morgan fingerprint density at radius 3 is 2.65 bits per heavy atom. The molecule has 6 nitrogen and oxygen atoms in total. The first-order valence-corrected chi connectivity index (χ1v) is 9.77. The van der Waals surface area contributed by atoms with Gasteiger partial charge in [-0.15, -0.1) is 0 Å². The average Bonchev–Trinajstić information content (AvgIpc) is 2.50. The van der Waals surface area contributed by atoms with Crippen LogP contribution >= 0.6 is 15.9 Å². The van der Waals surface area contributed by atoms with Crippen LogP contribution in [-0.4, -0.2) is 38.4 Å². The maximum atomic E-state index is 11.7. The van der Waals surface area contributed by atoms with Crippen molar-refractivity contribution in [2.45, 2.75) is 18.1 Å². The van der Waals surface area contributed by atoms with Gasteiger partial charge >= 0.3 is 0 Å². The molecule has 0 spiro atoms. The lowest BCUT2D eigenvalue weighted by Crippen LogP contribution is -2.43. The van der Waals surface area contributed by atoms with Crippen molar-refractivity contribution in [2.24, 2.45) is 0 Å². The molecule has 1 unspecified atom stereocenters. The zero-order chi connectivity index (χ0) is 16.8. The monoisotopic (exact) mass is 396 g/mol. The summed E-state index contributed by atoms with van der Waals surface area (Å²) >= 11 is 3.59. The number of aromatic nitrogens is 2. The molecule has 0 N–H and O–H groups in total. The number of halogens is 1. The van der Waals surface area contributed by atoms with Gasteiger partial charge in [-0.3, -0.25) is 0 Å². The highest BCUT2D eigenvalue weighted by Crippen LogP contribution is 2.38. The minimum absolute atomic E-state index is 0.0357. The zero-order valence-electron chi connectivity index (χ0n) is 13.1. The van der Waals surface area contributed by atoms with Crippen LogP contribution in [0.1, 0.15) is 18.5 Å². The Morgan fingerprint density at radius 1 is 1.30 bits per heavy atom. The highest BCUT2D eigenvalue weighted by atomic mass is 79.9. The van der Waals surface area contributed by atoms with E-state index in [1.165, 1.54) is 0 Å². The van der Waals surface area contributed by atoms with Gasteiger partial charge < -0.3 is 9.80 Å². The second kappa shape index (κ2) is 5.76. The van der Waals surface area contributed by atoms with Crippen LogP contribution in [0, 0.1) is 0 Å². The number of nitrogens with zero attached hydrogens (tertiary/aromatic N) is 4. The van der Waals surface area contributed by atoms with Crippen LogP contribution in [0.15, 0.2) is 40.1 Å². The van der Waals surface area contributed by atoms with Gasteiger partial charge in [-0.2, -0.15) is 0 Å². The summed E-state index contributed by atoms with van der Waals surface area (Å²) in [5.41, 5.74) is 1.98. The summed E-state index contributed by atoms with van der Waals surface area (Å²) < 4.78 is 24.4. The minimum atomic E-state index is -3.42. The number of rotatable bonds is 2. The summed E-state index contributed by atoms with van der Waals surface area (Å²) in [5.74, 6) is 0.663. The summed E-state index contributed by atoms with van der Waals surface area (Å²) in [4.78, 5) is 12.4. The quantitative estimate of drug-likeness (QED) is 0.726. The van der Waals surface area contributed by atoms with E-state index in [1.54, 1.807) is 6.20 Å². The molecule has 1 aliphatic heterocycles. The summed E-state index contributed by atoms with van der Waals surface area (Å²) in [7, 11) is -1.52. The highest BCUT2D eigenvalue weighted by molar-refractivity contribution is 9.10. The molecule has 3 rings (SSSR count). The van der Waals surface area contributed by atoms with E-state index in [-0.39, 0.29) is 11.2 Å². The molecule has 0 fully saturated rings. The molecule has 0 aliphatic carbocycles. The number of hydrogen-bond donors (Lipinski definition) is 0. The van der Waals surface area contributed by atoms with Crippen LogP contribution in [0.25, 0.3) is 0 Å². The van der Waals surface area contributed by atoms with Crippen LogP contribution in [0.3, 0.4) is 0 Å². The van der Waals surface area contributed by atoms with Gasteiger partial charge in [0, 0.05) is 29.5 Å². The third-order valence-corrected chi connectivity index (χ3v) is 5.44. The average molecular weight is 397 g/mol. The van der Waals surface area contributed by atoms with Gasteiger partial charge in [-0.05, 0) is 35.0 Å². The van der Waals surface area contributed by atoms with E-state index in [9.17, 15) is 8.42 Å². The lowest BCUT2D eigenvalue weighted by molar-refractivity contribution is 0.583. The van der Waals surface area contributed by atoms with Gasteiger partial charge in [0.15, 0.2) is 0 Å². The molecule has 0 amide bonds. The topological polar surface area (TPSA) is 66.4 Å². The molecule has 0 radical (unpaired) electrons. The number of anilines is 2. The number of fused-ring (bicyclic) bond motifs is 1. The van der Waals surface area contributed by atoms with E-state index in [2.05, 4.69) is 37.7 Å². The minimum Gasteiger partial charge on any atom is -0.346 e. The van der Waals surface area contributed by atoms with E-state index in [0.717, 1.165) is 22.0 Å². The third-order valence-electron chi connectivity index (χ3n) is 3.91. The first-order chi connectivity index (χ1) is 10.8. The van der Waals surface area contributed by atoms with Gasteiger partial charge in [-0.25, -0.2) is 18.4 Å². The number of para-hydroxylation sites is 1. The van der Waals surface area contributed by atoms with Gasteiger partial charge in [0.05, 0.1) is 18.4 Å². The van der Waals surface area contributed by atoms with E-state index in [0.29, 0.717) is 12.5 Å². The summed E-state index contributed by atoms with van der Waals surface area (Å²) in [6.45, 7) is 2.67. The predicted octanol–water partition coefficient (Wildman–Crippen LogP) is 2.62. The maximum Gasteiger partial charge on any atom is 0.248 e. The molecular weight excluding hydrogens is 380 g/mol. The second-order valence-electron chi connectivity index (χ2n) is 5.64. The number of benzene rings is 1. The van der Waals surface area contributed by atoms with Crippen LogP contribution in [-0.2, 0) is 9.84 Å². The fourth-order valence-electron chi connectivity index (χ4n) is 2.70. The van der Waals surface area contributed by atoms with Crippen molar-refractivity contribution in [2.75, 3.05) is 29.8 Å². The second-order valence-corrected chi connectivity index (χ2v) is 8.40. The first-order valence-electron chi connectivity index (χ1n) is 7.08. The fraction of sp³-hybridized carbons (Fsp3) is 0.333. The standard InChI is InChI=1S/C15H17BrN4O2S/c1-10-11-8-17-15(23(3,21)22)18-14(11)19(2)9-20(10)13-7-5-4-6-12(13)16/h4-8,10H,9H2,1-3H3. The molecule has 1 aliphatic rings. The fourth-order valence-corrected chi connectivity index (χ4v) is 3.71. The van der Waals surface area contributed by atoms with Gasteiger partial charge in [0.25, 0.3) is 0 Å². The molecule has 2 aromatic rings. The maximum absolute atomic E-state index is 11.7. The van der Waals surface area contributed by atoms with Crippen molar-refractivity contribution in [3.05, 3.63) is 40.5 Å². The molecule has 1 aromatic heterocycles. The Balaban J connectivity index is 2.07. The summed E-state index contributed by atoms with van der Waals surface area (Å²) in [6.07, 6.45) is 2.73. The summed E-state index contributed by atoms with van der Waals surface area (Å²) in [5, 5.41) is -0.135. The molecule has 1 aromatic carbocycles. The molecule has 2 heterocycles. The number of sulfone groups is 1. The normalized spacial score (nSPS) is 18.0.